The molecule has 42 heavy (non-hydrogen) atoms. The number of carbonyl (C=O) groups is 2. The van der Waals surface area contributed by atoms with E-state index in [2.05, 4.69) is 11.9 Å². The number of benzene rings is 3. The molecule has 2 aliphatic rings. The fraction of sp³-hybridized carbons (Fsp3) is 0.267. The molecular weight excluding hydrogens is 600 g/mol. The molecule has 3 aromatic rings. The number of carbonyl (C=O) groups excluding carboxylic acids is 2. The molecule has 2 aliphatic heterocycles. The molecule has 1 fully saturated rings. The quantitative estimate of drug-likeness (QED) is 0.306. The lowest BCUT2D eigenvalue weighted by atomic mass is 9.72. The second kappa shape index (κ2) is 11.2. The van der Waals surface area contributed by atoms with Gasteiger partial charge in [-0.15, -0.1) is 6.58 Å². The van der Waals surface area contributed by atoms with Gasteiger partial charge in [0.2, 0.25) is 0 Å². The van der Waals surface area contributed by atoms with Crippen molar-refractivity contribution in [3.05, 3.63) is 107 Å². The van der Waals surface area contributed by atoms with Crippen LogP contribution in [-0.2, 0) is 36.6 Å². The van der Waals surface area contributed by atoms with E-state index >= 15 is 0 Å². The molecule has 0 radical (unpaired) electrons. The molecule has 0 aromatic heterocycles. The summed E-state index contributed by atoms with van der Waals surface area (Å²) in [6.07, 6.45) is 1.81. The van der Waals surface area contributed by atoms with Gasteiger partial charge in [0.05, 0.1) is 40.8 Å². The second-order valence-corrected chi connectivity index (χ2v) is 14.8. The molecule has 5 rings (SSSR count). The van der Waals surface area contributed by atoms with Gasteiger partial charge in [0.25, 0.3) is 15.9 Å². The van der Waals surface area contributed by atoms with Crippen molar-refractivity contribution in [3.8, 4) is 0 Å². The summed E-state index contributed by atoms with van der Waals surface area (Å²) in [5.74, 6) is -1.34. The number of anilines is 1. The summed E-state index contributed by atoms with van der Waals surface area (Å²) >= 11 is 6.23. The highest BCUT2D eigenvalue weighted by Crippen LogP contribution is 2.54. The number of amides is 1. The van der Waals surface area contributed by atoms with E-state index in [1.54, 1.807) is 30.3 Å². The van der Waals surface area contributed by atoms with Gasteiger partial charge in [-0.1, -0.05) is 41.9 Å². The van der Waals surface area contributed by atoms with Crippen molar-refractivity contribution >= 4 is 49.0 Å². The number of sulfonamides is 1. The Balaban J connectivity index is 1.59. The molecule has 220 valence electrons. The average Bonchev–Trinajstić information content (AvgIpc) is 3.27. The minimum atomic E-state index is -4.28. The third-order valence-corrected chi connectivity index (χ3v) is 11.8. The van der Waals surface area contributed by atoms with E-state index in [9.17, 15) is 26.4 Å². The molecule has 3 aromatic carbocycles. The van der Waals surface area contributed by atoms with Gasteiger partial charge in [-0.25, -0.2) is 21.6 Å². The maximum absolute atomic E-state index is 14.2. The molecule has 0 aliphatic carbocycles. The van der Waals surface area contributed by atoms with E-state index < -0.39 is 43.2 Å². The van der Waals surface area contributed by atoms with Crippen molar-refractivity contribution in [2.24, 2.45) is 0 Å². The number of hydrogen-bond acceptors (Lipinski definition) is 7. The van der Waals surface area contributed by atoms with Crippen LogP contribution in [0.2, 0.25) is 5.02 Å². The highest BCUT2D eigenvalue weighted by atomic mass is 35.5. The number of sulfone groups is 1. The predicted octanol–water partition coefficient (Wildman–Crippen LogP) is 4.27. The lowest BCUT2D eigenvalue weighted by Crippen LogP contribution is -2.49. The summed E-state index contributed by atoms with van der Waals surface area (Å²) in [6.45, 7) is 4.12. The minimum Gasteiger partial charge on any atom is -0.465 e. The zero-order chi connectivity index (χ0) is 30.3. The largest absolute Gasteiger partial charge is 0.465 e. The normalized spacial score (nSPS) is 18.7. The number of methoxy groups -OCH3 is 1. The minimum absolute atomic E-state index is 0.0668. The van der Waals surface area contributed by atoms with Gasteiger partial charge < -0.3 is 10.1 Å². The fourth-order valence-corrected chi connectivity index (χ4v) is 9.32. The van der Waals surface area contributed by atoms with Gasteiger partial charge in [0.15, 0.2) is 0 Å². The third-order valence-electron chi connectivity index (χ3n) is 8.00. The SMILES string of the molecule is C=CC1N(S(=O)(=O)c2cccc(C(=O)OC)c2)c2ccc(C(=O)NCc3ccccc3Cl)cc2C12CCS(=O)(=O)CC2. The lowest BCUT2D eigenvalue weighted by molar-refractivity contribution is 0.0600. The van der Waals surface area contributed by atoms with Crippen LogP contribution in [0.3, 0.4) is 0 Å². The number of halogens is 1. The molecular formula is C30H29ClN2O7S2. The fourth-order valence-electron chi connectivity index (χ4n) is 5.80. The van der Waals surface area contributed by atoms with Crippen molar-refractivity contribution in [3.63, 3.8) is 0 Å². The Kier molecular flexibility index (Phi) is 7.95. The van der Waals surface area contributed by atoms with Crippen LogP contribution in [0.1, 0.15) is 44.7 Å². The van der Waals surface area contributed by atoms with Gasteiger partial charge in [-0.05, 0) is 66.4 Å². The number of hydrogen-bond donors (Lipinski definition) is 1. The van der Waals surface area contributed by atoms with E-state index in [0.717, 1.165) is 5.56 Å². The molecule has 1 unspecified atom stereocenters. The second-order valence-electron chi connectivity index (χ2n) is 10.3. The van der Waals surface area contributed by atoms with Crippen LogP contribution < -0.4 is 9.62 Å². The van der Waals surface area contributed by atoms with Gasteiger partial charge in [-0.2, -0.15) is 0 Å². The average molecular weight is 629 g/mol. The topological polar surface area (TPSA) is 127 Å². The van der Waals surface area contributed by atoms with Crippen LogP contribution in [0, 0.1) is 0 Å². The number of fused-ring (bicyclic) bond motifs is 2. The number of rotatable bonds is 7. The number of nitrogens with one attached hydrogen (secondary N) is 1. The van der Waals surface area contributed by atoms with Crippen molar-refractivity contribution in [1.82, 2.24) is 5.32 Å². The van der Waals surface area contributed by atoms with Crippen LogP contribution in [-0.4, -0.2) is 53.4 Å². The molecule has 0 saturated carbocycles. The van der Waals surface area contributed by atoms with Crippen LogP contribution in [0.15, 0.2) is 84.3 Å². The molecule has 1 atom stereocenters. The molecule has 12 heteroatoms. The highest BCUT2D eigenvalue weighted by molar-refractivity contribution is 7.93. The lowest BCUT2D eigenvalue weighted by Gasteiger charge is -2.39. The first-order valence-electron chi connectivity index (χ1n) is 13.2. The van der Waals surface area contributed by atoms with E-state index in [1.807, 2.05) is 6.07 Å². The van der Waals surface area contributed by atoms with Crippen molar-refractivity contribution in [2.75, 3.05) is 22.9 Å². The Morgan fingerprint density at radius 2 is 1.79 bits per heavy atom. The standard InChI is InChI=1S/C30H29ClN2O7S2/c1-3-27-30(13-15-41(36,37)16-14-30)24-18-20(28(34)32-19-22-7-4-5-10-25(22)31)11-12-26(24)33(27)42(38,39)23-9-6-8-21(17-23)29(35)40-2/h3-12,17-18,27H,1,13-16,19H2,2H3,(H,32,34). The van der Waals surface area contributed by atoms with Crippen molar-refractivity contribution in [1.29, 1.82) is 0 Å². The van der Waals surface area contributed by atoms with Crippen LogP contribution in [0.5, 0.6) is 0 Å². The molecule has 1 saturated heterocycles. The first-order valence-corrected chi connectivity index (χ1v) is 16.8. The Bertz CT molecular complexity index is 1790. The van der Waals surface area contributed by atoms with Crippen LogP contribution in [0.25, 0.3) is 0 Å². The molecule has 1 N–H and O–H groups in total. The number of esters is 1. The smallest absolute Gasteiger partial charge is 0.337 e. The molecule has 1 amide bonds. The molecule has 0 bridgehead atoms. The predicted molar refractivity (Wildman–Crippen MR) is 160 cm³/mol. The van der Waals surface area contributed by atoms with Gasteiger partial charge in [0, 0.05) is 22.5 Å². The number of nitrogens with zero attached hydrogens (tertiary/aromatic N) is 1. The molecule has 2 heterocycles. The van der Waals surface area contributed by atoms with E-state index in [0.29, 0.717) is 21.8 Å². The van der Waals surface area contributed by atoms with Crippen LogP contribution in [0.4, 0.5) is 5.69 Å². The van der Waals surface area contributed by atoms with E-state index in [-0.39, 0.29) is 41.4 Å². The summed E-state index contributed by atoms with van der Waals surface area (Å²) < 4.78 is 59.4. The van der Waals surface area contributed by atoms with Gasteiger partial charge in [-0.3, -0.25) is 9.10 Å². The Morgan fingerprint density at radius 1 is 1.07 bits per heavy atom. The summed E-state index contributed by atoms with van der Waals surface area (Å²) in [5.41, 5.74) is 1.04. The van der Waals surface area contributed by atoms with Gasteiger partial charge in [0.1, 0.15) is 9.84 Å². The van der Waals surface area contributed by atoms with Crippen molar-refractivity contribution in [2.45, 2.75) is 35.7 Å². The Labute approximate surface area is 250 Å². The summed E-state index contributed by atoms with van der Waals surface area (Å²) in [4.78, 5) is 25.3. The van der Waals surface area contributed by atoms with Gasteiger partial charge >= 0.3 is 5.97 Å². The summed E-state index contributed by atoms with van der Waals surface area (Å²) in [5, 5.41) is 3.37. The Morgan fingerprint density at radius 3 is 2.45 bits per heavy atom. The van der Waals surface area contributed by atoms with Crippen LogP contribution >= 0.6 is 11.6 Å². The van der Waals surface area contributed by atoms with Crippen molar-refractivity contribution < 1.29 is 31.2 Å². The van der Waals surface area contributed by atoms with E-state index in [1.165, 1.54) is 47.8 Å². The van der Waals surface area contributed by atoms with E-state index in [4.69, 9.17) is 16.3 Å². The molecule has 9 nitrogen and oxygen atoms in total. The number of ether oxygens (including phenoxy) is 1. The Hall–Kier alpha value is -3.67. The summed E-state index contributed by atoms with van der Waals surface area (Å²) in [6, 6.07) is 16.6. The molecule has 1 spiro atoms. The third kappa shape index (κ3) is 5.21. The highest BCUT2D eigenvalue weighted by Gasteiger charge is 2.55. The monoisotopic (exact) mass is 628 g/mol. The first-order chi connectivity index (χ1) is 19.9. The summed E-state index contributed by atoms with van der Waals surface area (Å²) in [7, 11) is -6.39. The first kappa shape index (κ1) is 29.8. The zero-order valence-electron chi connectivity index (χ0n) is 22.7. The maximum Gasteiger partial charge on any atom is 0.337 e. The zero-order valence-corrected chi connectivity index (χ0v) is 25.1. The maximum atomic E-state index is 14.2.